The van der Waals surface area contributed by atoms with Crippen molar-refractivity contribution in [3.8, 4) is 0 Å². The molecule has 0 spiro atoms. The second-order valence-electron chi connectivity index (χ2n) is 6.59. The Morgan fingerprint density at radius 1 is 1.07 bits per heavy atom. The first kappa shape index (κ1) is 17.7. The highest BCUT2D eigenvalue weighted by molar-refractivity contribution is 5.94. The van der Waals surface area contributed by atoms with Gasteiger partial charge >= 0.3 is 0 Å². The van der Waals surface area contributed by atoms with Gasteiger partial charge in [-0.3, -0.25) is 9.48 Å². The number of hydrogen-bond acceptors (Lipinski definition) is 3. The van der Waals surface area contributed by atoms with Crippen molar-refractivity contribution in [2.75, 3.05) is 0 Å². The highest BCUT2D eigenvalue weighted by Crippen LogP contribution is 2.17. The van der Waals surface area contributed by atoms with Crippen molar-refractivity contribution in [2.24, 2.45) is 0 Å². The average molecular weight is 371 g/mol. The number of carbonyl (C=O) groups excluding carboxylic acids is 1. The Kier molecular flexibility index (Phi) is 5.29. The van der Waals surface area contributed by atoms with Crippen LogP contribution >= 0.6 is 0 Å². The summed E-state index contributed by atoms with van der Waals surface area (Å²) in [5.74, 6) is 0.675. The maximum Gasteiger partial charge on any atom is 0.254 e. The van der Waals surface area contributed by atoms with E-state index in [1.165, 1.54) is 0 Å². The lowest BCUT2D eigenvalue weighted by atomic mass is 10.0. The topological polar surface area (TPSA) is 75.6 Å². The van der Waals surface area contributed by atoms with E-state index in [0.29, 0.717) is 18.5 Å². The summed E-state index contributed by atoms with van der Waals surface area (Å²) in [6, 6.07) is 19.8. The Morgan fingerprint density at radius 3 is 2.54 bits per heavy atom. The van der Waals surface area contributed by atoms with E-state index in [1.54, 1.807) is 29.5 Å². The van der Waals surface area contributed by atoms with Gasteiger partial charge in [-0.05, 0) is 11.1 Å². The summed E-state index contributed by atoms with van der Waals surface area (Å²) in [6.45, 7) is 0.628. The van der Waals surface area contributed by atoms with E-state index in [9.17, 15) is 4.79 Å². The van der Waals surface area contributed by atoms with Crippen molar-refractivity contribution in [3.63, 3.8) is 0 Å². The molecule has 2 heterocycles. The Labute approximate surface area is 163 Å². The molecule has 6 nitrogen and oxygen atoms in total. The Bertz CT molecular complexity index is 1010. The summed E-state index contributed by atoms with van der Waals surface area (Å²) in [7, 11) is 0. The van der Waals surface area contributed by atoms with Crippen molar-refractivity contribution in [2.45, 2.75) is 19.0 Å². The summed E-state index contributed by atoms with van der Waals surface area (Å²) in [5, 5.41) is 7.44. The van der Waals surface area contributed by atoms with Crippen LogP contribution in [0.5, 0.6) is 0 Å². The van der Waals surface area contributed by atoms with Crippen LogP contribution in [0.3, 0.4) is 0 Å². The minimum absolute atomic E-state index is 0.153. The Hall–Kier alpha value is -3.67. The molecule has 0 aliphatic carbocycles. The number of hydrogen-bond donors (Lipinski definition) is 2. The number of nitrogens with zero attached hydrogens (tertiary/aromatic N) is 3. The van der Waals surface area contributed by atoms with Crippen LogP contribution < -0.4 is 5.32 Å². The fourth-order valence-electron chi connectivity index (χ4n) is 3.12. The van der Waals surface area contributed by atoms with E-state index in [2.05, 4.69) is 20.4 Å². The molecule has 0 aliphatic heterocycles. The number of nitrogens with one attached hydrogen (secondary N) is 2. The molecule has 1 unspecified atom stereocenters. The quantitative estimate of drug-likeness (QED) is 0.523. The molecule has 0 aliphatic rings. The van der Waals surface area contributed by atoms with Gasteiger partial charge < -0.3 is 10.3 Å². The van der Waals surface area contributed by atoms with Gasteiger partial charge in [0, 0.05) is 25.0 Å². The maximum atomic E-state index is 12.8. The summed E-state index contributed by atoms with van der Waals surface area (Å²) >= 11 is 0. The van der Waals surface area contributed by atoms with Gasteiger partial charge in [0.15, 0.2) is 0 Å². The average Bonchev–Trinajstić information content (AvgIpc) is 3.41. The lowest BCUT2D eigenvalue weighted by molar-refractivity contribution is 0.0936. The monoisotopic (exact) mass is 371 g/mol. The standard InChI is InChI=1S/C22H21N5O/c28-22(19-14-25-27(16-19)15-17-7-3-1-4-8-17)26-20(13-21-23-11-12-24-21)18-9-5-2-6-10-18/h1-12,14,16,20H,13,15H2,(H,23,24)(H,26,28). The molecule has 0 radical (unpaired) electrons. The first-order valence-corrected chi connectivity index (χ1v) is 9.18. The van der Waals surface area contributed by atoms with Crippen molar-refractivity contribution >= 4 is 5.91 Å². The Morgan fingerprint density at radius 2 is 1.82 bits per heavy atom. The smallest absolute Gasteiger partial charge is 0.254 e. The number of amides is 1. The third kappa shape index (κ3) is 4.35. The van der Waals surface area contributed by atoms with Gasteiger partial charge in [0.2, 0.25) is 0 Å². The molecule has 0 saturated carbocycles. The molecule has 0 saturated heterocycles. The lowest BCUT2D eigenvalue weighted by Gasteiger charge is -2.18. The predicted molar refractivity (Wildman–Crippen MR) is 107 cm³/mol. The van der Waals surface area contributed by atoms with Crippen molar-refractivity contribution in [3.05, 3.63) is 108 Å². The molecule has 2 N–H and O–H groups in total. The predicted octanol–water partition coefficient (Wildman–Crippen LogP) is 3.37. The van der Waals surface area contributed by atoms with Gasteiger partial charge in [-0.25, -0.2) is 4.98 Å². The normalized spacial score (nSPS) is 11.9. The zero-order valence-electron chi connectivity index (χ0n) is 15.3. The zero-order valence-corrected chi connectivity index (χ0v) is 15.3. The van der Waals surface area contributed by atoms with E-state index in [-0.39, 0.29) is 11.9 Å². The number of aromatic amines is 1. The molecule has 4 rings (SSSR count). The summed E-state index contributed by atoms with van der Waals surface area (Å²) in [6.07, 6.45) is 7.46. The van der Waals surface area contributed by atoms with Gasteiger partial charge in [-0.1, -0.05) is 60.7 Å². The van der Waals surface area contributed by atoms with Crippen LogP contribution in [0.4, 0.5) is 0 Å². The molecule has 2 aromatic heterocycles. The van der Waals surface area contributed by atoms with Crippen LogP contribution in [0.1, 0.15) is 33.4 Å². The summed E-state index contributed by atoms with van der Waals surface area (Å²) in [4.78, 5) is 20.2. The highest BCUT2D eigenvalue weighted by atomic mass is 16.1. The highest BCUT2D eigenvalue weighted by Gasteiger charge is 2.18. The first-order chi connectivity index (χ1) is 13.8. The second-order valence-corrected chi connectivity index (χ2v) is 6.59. The van der Waals surface area contributed by atoms with Crippen LogP contribution in [0.2, 0.25) is 0 Å². The SMILES string of the molecule is O=C(NC(Cc1ncc[nH]1)c1ccccc1)c1cnn(Cc2ccccc2)c1. The third-order valence-corrected chi connectivity index (χ3v) is 4.54. The number of aromatic nitrogens is 4. The largest absolute Gasteiger partial charge is 0.349 e. The number of carbonyl (C=O) groups is 1. The van der Waals surface area contributed by atoms with Crippen molar-refractivity contribution in [1.29, 1.82) is 0 Å². The first-order valence-electron chi connectivity index (χ1n) is 9.18. The molecule has 1 amide bonds. The molecular formula is C22H21N5O. The van der Waals surface area contributed by atoms with Crippen LogP contribution in [0.15, 0.2) is 85.5 Å². The Balaban J connectivity index is 1.48. The van der Waals surface area contributed by atoms with Gasteiger partial charge in [0.05, 0.1) is 24.3 Å². The molecule has 1 atom stereocenters. The van der Waals surface area contributed by atoms with Gasteiger partial charge in [0.1, 0.15) is 5.82 Å². The van der Waals surface area contributed by atoms with Crippen molar-refractivity contribution in [1.82, 2.24) is 25.1 Å². The van der Waals surface area contributed by atoms with Crippen LogP contribution in [0.25, 0.3) is 0 Å². The van der Waals surface area contributed by atoms with E-state index in [1.807, 2.05) is 60.7 Å². The molecule has 140 valence electrons. The summed E-state index contributed by atoms with van der Waals surface area (Å²) < 4.78 is 1.77. The zero-order chi connectivity index (χ0) is 19.2. The molecule has 0 bridgehead atoms. The molecule has 2 aromatic carbocycles. The molecule has 6 heteroatoms. The third-order valence-electron chi connectivity index (χ3n) is 4.54. The summed E-state index contributed by atoms with van der Waals surface area (Å²) in [5.41, 5.74) is 2.71. The maximum absolute atomic E-state index is 12.8. The van der Waals surface area contributed by atoms with Gasteiger partial charge in [-0.2, -0.15) is 5.10 Å². The minimum atomic E-state index is -0.183. The van der Waals surface area contributed by atoms with Crippen LogP contribution in [-0.4, -0.2) is 25.7 Å². The fourth-order valence-corrected chi connectivity index (χ4v) is 3.12. The fraction of sp³-hybridized carbons (Fsp3) is 0.136. The van der Waals surface area contributed by atoms with Crippen LogP contribution in [-0.2, 0) is 13.0 Å². The molecule has 28 heavy (non-hydrogen) atoms. The number of imidazole rings is 1. The second kappa shape index (κ2) is 8.35. The number of benzene rings is 2. The minimum Gasteiger partial charge on any atom is -0.349 e. The van der Waals surface area contributed by atoms with Gasteiger partial charge in [-0.15, -0.1) is 0 Å². The van der Waals surface area contributed by atoms with Crippen molar-refractivity contribution < 1.29 is 4.79 Å². The molecular weight excluding hydrogens is 350 g/mol. The number of H-pyrrole nitrogens is 1. The van der Waals surface area contributed by atoms with E-state index < -0.39 is 0 Å². The van der Waals surface area contributed by atoms with Crippen LogP contribution in [0, 0.1) is 0 Å². The van der Waals surface area contributed by atoms with E-state index in [0.717, 1.165) is 17.0 Å². The van der Waals surface area contributed by atoms with E-state index >= 15 is 0 Å². The lowest BCUT2D eigenvalue weighted by Crippen LogP contribution is -2.30. The van der Waals surface area contributed by atoms with E-state index in [4.69, 9.17) is 0 Å². The van der Waals surface area contributed by atoms with Gasteiger partial charge in [0.25, 0.3) is 5.91 Å². The molecule has 0 fully saturated rings. The number of rotatable bonds is 7. The molecule has 4 aromatic rings.